The van der Waals surface area contributed by atoms with Crippen LogP contribution in [0.2, 0.25) is 0 Å². The highest BCUT2D eigenvalue weighted by Gasteiger charge is 2.32. The van der Waals surface area contributed by atoms with Gasteiger partial charge in [0.1, 0.15) is 0 Å². The van der Waals surface area contributed by atoms with Crippen LogP contribution in [0.25, 0.3) is 0 Å². The van der Waals surface area contributed by atoms with E-state index >= 15 is 0 Å². The third-order valence-electron chi connectivity index (χ3n) is 4.40. The Balaban J connectivity index is 1.81. The number of hydrogen-bond acceptors (Lipinski definition) is 1. The van der Waals surface area contributed by atoms with Gasteiger partial charge in [0.2, 0.25) is 0 Å². The first-order valence-corrected chi connectivity index (χ1v) is 6.03. The summed E-state index contributed by atoms with van der Waals surface area (Å²) in [5.74, 6) is 2.80. The summed E-state index contributed by atoms with van der Waals surface area (Å²) in [6.45, 7) is 2.36. The zero-order valence-corrected chi connectivity index (χ0v) is 8.84. The minimum atomic E-state index is 0.506. The van der Waals surface area contributed by atoms with Crippen molar-refractivity contribution in [3.63, 3.8) is 0 Å². The van der Waals surface area contributed by atoms with Crippen molar-refractivity contribution in [1.29, 1.82) is 0 Å². The number of rotatable bonds is 2. The molecule has 0 saturated heterocycles. The standard InChI is InChI=1S/C12H23N/c1-9-11(6-7-12(9)13)8-10-4-2-3-5-10/h9-12H,2-8,13H2,1H3. The van der Waals surface area contributed by atoms with Gasteiger partial charge in [0.05, 0.1) is 0 Å². The van der Waals surface area contributed by atoms with E-state index in [2.05, 4.69) is 6.92 Å². The molecule has 1 nitrogen and oxygen atoms in total. The molecule has 0 aromatic heterocycles. The lowest BCUT2D eigenvalue weighted by Crippen LogP contribution is -2.25. The zero-order valence-electron chi connectivity index (χ0n) is 8.84. The molecule has 2 aliphatic carbocycles. The second-order valence-electron chi connectivity index (χ2n) is 5.25. The Bertz CT molecular complexity index is 161. The summed E-state index contributed by atoms with van der Waals surface area (Å²) >= 11 is 0. The van der Waals surface area contributed by atoms with Crippen LogP contribution in [-0.4, -0.2) is 6.04 Å². The summed E-state index contributed by atoms with van der Waals surface area (Å²) in [6, 6.07) is 0.506. The average Bonchev–Trinajstić information content (AvgIpc) is 2.71. The van der Waals surface area contributed by atoms with E-state index < -0.39 is 0 Å². The Kier molecular flexibility index (Phi) is 2.92. The Hall–Kier alpha value is -0.0400. The highest BCUT2D eigenvalue weighted by molar-refractivity contribution is 4.86. The zero-order chi connectivity index (χ0) is 9.26. The normalized spacial score (nSPS) is 41.5. The fourth-order valence-corrected chi connectivity index (χ4v) is 3.29. The molecular formula is C12H23N. The molecule has 0 aliphatic heterocycles. The second-order valence-corrected chi connectivity index (χ2v) is 5.25. The SMILES string of the molecule is CC1C(N)CCC1CC1CCCC1. The topological polar surface area (TPSA) is 26.0 Å². The van der Waals surface area contributed by atoms with Crippen molar-refractivity contribution in [3.8, 4) is 0 Å². The Labute approximate surface area is 82.1 Å². The van der Waals surface area contributed by atoms with Gasteiger partial charge in [-0.15, -0.1) is 0 Å². The van der Waals surface area contributed by atoms with E-state index in [1.165, 1.54) is 44.9 Å². The van der Waals surface area contributed by atoms with E-state index in [-0.39, 0.29) is 0 Å². The molecule has 3 unspecified atom stereocenters. The van der Waals surface area contributed by atoms with E-state index in [9.17, 15) is 0 Å². The predicted molar refractivity (Wildman–Crippen MR) is 56.4 cm³/mol. The van der Waals surface area contributed by atoms with E-state index in [0.717, 1.165) is 17.8 Å². The highest BCUT2D eigenvalue weighted by atomic mass is 14.7. The van der Waals surface area contributed by atoms with Gasteiger partial charge in [0, 0.05) is 6.04 Å². The molecule has 2 fully saturated rings. The fraction of sp³-hybridized carbons (Fsp3) is 1.00. The van der Waals surface area contributed by atoms with Crippen LogP contribution in [-0.2, 0) is 0 Å². The van der Waals surface area contributed by atoms with Crippen LogP contribution >= 0.6 is 0 Å². The minimum absolute atomic E-state index is 0.506. The molecule has 0 amide bonds. The van der Waals surface area contributed by atoms with Crippen molar-refractivity contribution in [1.82, 2.24) is 0 Å². The lowest BCUT2D eigenvalue weighted by molar-refractivity contribution is 0.309. The Morgan fingerprint density at radius 1 is 1.08 bits per heavy atom. The van der Waals surface area contributed by atoms with Crippen molar-refractivity contribution in [2.24, 2.45) is 23.5 Å². The minimum Gasteiger partial charge on any atom is -0.327 e. The Morgan fingerprint density at radius 3 is 2.31 bits per heavy atom. The van der Waals surface area contributed by atoms with Crippen molar-refractivity contribution < 1.29 is 0 Å². The monoisotopic (exact) mass is 181 g/mol. The second kappa shape index (κ2) is 4.00. The predicted octanol–water partition coefficient (Wildman–Crippen LogP) is 2.94. The van der Waals surface area contributed by atoms with Gasteiger partial charge in [0.25, 0.3) is 0 Å². The first-order chi connectivity index (χ1) is 6.27. The molecule has 13 heavy (non-hydrogen) atoms. The van der Waals surface area contributed by atoms with Crippen LogP contribution in [0.1, 0.15) is 51.9 Å². The van der Waals surface area contributed by atoms with Gasteiger partial charge in [-0.2, -0.15) is 0 Å². The Morgan fingerprint density at radius 2 is 1.77 bits per heavy atom. The van der Waals surface area contributed by atoms with Crippen LogP contribution in [0.4, 0.5) is 0 Å². The van der Waals surface area contributed by atoms with E-state index in [1.54, 1.807) is 0 Å². The third kappa shape index (κ3) is 2.07. The van der Waals surface area contributed by atoms with E-state index in [4.69, 9.17) is 5.73 Å². The van der Waals surface area contributed by atoms with Crippen LogP contribution in [0.3, 0.4) is 0 Å². The lowest BCUT2D eigenvalue weighted by Gasteiger charge is -2.21. The molecule has 76 valence electrons. The number of hydrogen-bond donors (Lipinski definition) is 1. The van der Waals surface area contributed by atoms with Crippen molar-refractivity contribution in [2.45, 2.75) is 57.9 Å². The van der Waals surface area contributed by atoms with Gasteiger partial charge in [-0.25, -0.2) is 0 Å². The quantitative estimate of drug-likeness (QED) is 0.696. The summed E-state index contributed by atoms with van der Waals surface area (Å²) < 4.78 is 0. The van der Waals surface area contributed by atoms with E-state index in [0.29, 0.717) is 6.04 Å². The molecule has 0 radical (unpaired) electrons. The maximum atomic E-state index is 6.04. The van der Waals surface area contributed by atoms with Crippen molar-refractivity contribution in [3.05, 3.63) is 0 Å². The smallest absolute Gasteiger partial charge is 0.00672 e. The largest absolute Gasteiger partial charge is 0.327 e. The summed E-state index contributed by atoms with van der Waals surface area (Å²) in [6.07, 6.45) is 10.1. The maximum absolute atomic E-state index is 6.04. The van der Waals surface area contributed by atoms with Crippen molar-refractivity contribution in [2.75, 3.05) is 0 Å². The maximum Gasteiger partial charge on any atom is 0.00672 e. The van der Waals surface area contributed by atoms with Gasteiger partial charge < -0.3 is 5.73 Å². The van der Waals surface area contributed by atoms with Gasteiger partial charge in [-0.05, 0) is 37.0 Å². The molecule has 2 aliphatic rings. The van der Waals surface area contributed by atoms with Crippen LogP contribution in [0.15, 0.2) is 0 Å². The van der Waals surface area contributed by atoms with Crippen LogP contribution in [0, 0.1) is 17.8 Å². The molecule has 2 N–H and O–H groups in total. The first-order valence-electron chi connectivity index (χ1n) is 6.03. The summed E-state index contributed by atoms with van der Waals surface area (Å²) in [7, 11) is 0. The highest BCUT2D eigenvalue weighted by Crippen LogP contribution is 2.39. The summed E-state index contributed by atoms with van der Waals surface area (Å²) in [5, 5.41) is 0. The summed E-state index contributed by atoms with van der Waals surface area (Å²) in [5.41, 5.74) is 6.04. The van der Waals surface area contributed by atoms with Gasteiger partial charge in [-0.1, -0.05) is 32.6 Å². The molecule has 0 aromatic carbocycles. The molecule has 0 bridgehead atoms. The van der Waals surface area contributed by atoms with Gasteiger partial charge >= 0.3 is 0 Å². The fourth-order valence-electron chi connectivity index (χ4n) is 3.29. The molecule has 2 rings (SSSR count). The molecule has 3 atom stereocenters. The lowest BCUT2D eigenvalue weighted by atomic mass is 9.86. The average molecular weight is 181 g/mol. The first kappa shape index (κ1) is 9.51. The molecular weight excluding hydrogens is 158 g/mol. The molecule has 2 saturated carbocycles. The number of nitrogens with two attached hydrogens (primary N) is 1. The van der Waals surface area contributed by atoms with Gasteiger partial charge in [0.15, 0.2) is 0 Å². The molecule has 0 spiro atoms. The molecule has 0 heterocycles. The van der Waals surface area contributed by atoms with Crippen LogP contribution < -0.4 is 5.73 Å². The van der Waals surface area contributed by atoms with Crippen LogP contribution in [0.5, 0.6) is 0 Å². The third-order valence-corrected chi connectivity index (χ3v) is 4.40. The van der Waals surface area contributed by atoms with E-state index in [1.807, 2.05) is 0 Å². The van der Waals surface area contributed by atoms with Gasteiger partial charge in [-0.3, -0.25) is 0 Å². The molecule has 0 aromatic rings. The van der Waals surface area contributed by atoms with Crippen molar-refractivity contribution >= 4 is 0 Å². The molecule has 1 heteroatoms. The summed E-state index contributed by atoms with van der Waals surface area (Å²) in [4.78, 5) is 0.